The van der Waals surface area contributed by atoms with E-state index in [4.69, 9.17) is 18.9 Å². The Balaban J connectivity index is 1.82. The summed E-state index contributed by atoms with van der Waals surface area (Å²) in [6.07, 6.45) is 1.34. The van der Waals surface area contributed by atoms with E-state index in [0.29, 0.717) is 17.2 Å². The first-order valence-corrected chi connectivity index (χ1v) is 12.4. The summed E-state index contributed by atoms with van der Waals surface area (Å²) < 4.78 is 21.1. The van der Waals surface area contributed by atoms with Crippen molar-refractivity contribution in [1.82, 2.24) is 15.7 Å². The van der Waals surface area contributed by atoms with E-state index in [1.807, 2.05) is 24.3 Å². The van der Waals surface area contributed by atoms with Crippen molar-refractivity contribution in [1.29, 1.82) is 0 Å². The lowest BCUT2D eigenvalue weighted by Gasteiger charge is -2.16. The molecule has 0 aliphatic carbocycles. The Morgan fingerprint density at radius 3 is 1.82 bits per heavy atom. The van der Waals surface area contributed by atoms with Crippen molar-refractivity contribution >= 4 is 23.5 Å². The van der Waals surface area contributed by atoms with Crippen molar-refractivity contribution in [3.63, 3.8) is 0 Å². The Morgan fingerprint density at radius 2 is 1.35 bits per heavy atom. The maximum Gasteiger partial charge on any atom is 0.313 e. The third-order valence-electron chi connectivity index (χ3n) is 5.72. The van der Waals surface area contributed by atoms with Gasteiger partial charge in [-0.3, -0.25) is 14.4 Å². The van der Waals surface area contributed by atoms with Crippen LogP contribution in [0.3, 0.4) is 0 Å². The number of carbonyl (C=O) groups is 3. The standard InChI is InChI=1S/C29H32N4O7/c1-17(2)29(36)40-26-23(39-6)15-16-30-25(26)28(35)31-18(3)27(34)33-32-24(19-7-11-21(37-4)12-8-19)20-9-13-22(38-5)14-10-20/h7-18H,1-6H3,(H,31,35)(H,33,34)/t18-/m0/s1. The van der Waals surface area contributed by atoms with Gasteiger partial charge in [-0.05, 0) is 55.5 Å². The van der Waals surface area contributed by atoms with Gasteiger partial charge in [0.2, 0.25) is 5.75 Å². The molecule has 1 atom stereocenters. The van der Waals surface area contributed by atoms with Crippen LogP contribution in [0.4, 0.5) is 0 Å². The van der Waals surface area contributed by atoms with Gasteiger partial charge in [0.15, 0.2) is 11.4 Å². The fraction of sp³-hybridized carbons (Fsp3) is 0.276. The highest BCUT2D eigenvalue weighted by Gasteiger charge is 2.25. The van der Waals surface area contributed by atoms with Crippen molar-refractivity contribution in [3.8, 4) is 23.0 Å². The van der Waals surface area contributed by atoms with Gasteiger partial charge >= 0.3 is 5.97 Å². The molecule has 0 aliphatic rings. The summed E-state index contributed by atoms with van der Waals surface area (Å²) in [4.78, 5) is 42.2. The van der Waals surface area contributed by atoms with Crippen LogP contribution in [0.1, 0.15) is 42.4 Å². The molecule has 3 rings (SSSR count). The van der Waals surface area contributed by atoms with Crippen LogP contribution in [-0.2, 0) is 9.59 Å². The summed E-state index contributed by atoms with van der Waals surface area (Å²) in [5.41, 5.74) is 4.24. The highest BCUT2D eigenvalue weighted by Crippen LogP contribution is 2.30. The van der Waals surface area contributed by atoms with E-state index >= 15 is 0 Å². The highest BCUT2D eigenvalue weighted by atomic mass is 16.6. The molecular weight excluding hydrogens is 516 g/mol. The van der Waals surface area contributed by atoms with Crippen molar-refractivity contribution < 1.29 is 33.3 Å². The lowest BCUT2D eigenvalue weighted by Crippen LogP contribution is -2.44. The van der Waals surface area contributed by atoms with Crippen LogP contribution in [-0.4, -0.2) is 55.9 Å². The van der Waals surface area contributed by atoms with E-state index in [0.717, 1.165) is 11.1 Å². The predicted octanol–water partition coefficient (Wildman–Crippen LogP) is 3.36. The zero-order valence-electron chi connectivity index (χ0n) is 23.2. The van der Waals surface area contributed by atoms with Crippen molar-refractivity contribution in [2.75, 3.05) is 21.3 Å². The number of amides is 2. The molecule has 2 N–H and O–H groups in total. The SMILES string of the molecule is COc1ccc(C(=NNC(=O)[C@H](C)NC(=O)c2nccc(OC)c2OC(=O)C(C)C)c2ccc(OC)cc2)cc1. The fourth-order valence-electron chi connectivity index (χ4n) is 3.40. The van der Waals surface area contributed by atoms with Crippen LogP contribution in [0.15, 0.2) is 65.9 Å². The number of pyridine rings is 1. The quantitative estimate of drug-likeness (QED) is 0.211. The largest absolute Gasteiger partial charge is 0.497 e. The molecule has 0 radical (unpaired) electrons. The number of methoxy groups -OCH3 is 3. The number of benzene rings is 2. The van der Waals surface area contributed by atoms with E-state index < -0.39 is 29.7 Å². The number of aromatic nitrogens is 1. The Morgan fingerprint density at radius 1 is 0.800 bits per heavy atom. The van der Waals surface area contributed by atoms with Gasteiger partial charge in [0.1, 0.15) is 17.5 Å². The van der Waals surface area contributed by atoms with Crippen LogP contribution < -0.4 is 29.7 Å². The van der Waals surface area contributed by atoms with E-state index in [1.54, 1.807) is 52.3 Å². The molecule has 2 aromatic carbocycles. The highest BCUT2D eigenvalue weighted by molar-refractivity contribution is 6.13. The maximum absolute atomic E-state index is 13.0. The van der Waals surface area contributed by atoms with Crippen LogP contribution in [0.2, 0.25) is 0 Å². The molecule has 1 aromatic heterocycles. The average molecular weight is 549 g/mol. The van der Waals surface area contributed by atoms with E-state index in [9.17, 15) is 14.4 Å². The molecule has 0 spiro atoms. The van der Waals surface area contributed by atoms with Crippen molar-refractivity contribution in [2.24, 2.45) is 11.0 Å². The summed E-state index contributed by atoms with van der Waals surface area (Å²) in [7, 11) is 4.52. The van der Waals surface area contributed by atoms with Crippen LogP contribution in [0.25, 0.3) is 0 Å². The Bertz CT molecular complexity index is 1320. The van der Waals surface area contributed by atoms with E-state index in [1.165, 1.54) is 26.3 Å². The average Bonchev–Trinajstić information content (AvgIpc) is 2.97. The summed E-state index contributed by atoms with van der Waals surface area (Å²) in [5, 5.41) is 6.92. The molecule has 0 fully saturated rings. The first kappa shape index (κ1) is 29.6. The molecule has 0 bridgehead atoms. The van der Waals surface area contributed by atoms with Gasteiger partial charge in [0, 0.05) is 23.4 Å². The summed E-state index contributed by atoms with van der Waals surface area (Å²) in [6, 6.07) is 14.8. The number of rotatable bonds is 11. The molecule has 0 saturated carbocycles. The monoisotopic (exact) mass is 548 g/mol. The minimum Gasteiger partial charge on any atom is -0.497 e. The number of hydrogen-bond acceptors (Lipinski definition) is 9. The van der Waals surface area contributed by atoms with Crippen LogP contribution in [0.5, 0.6) is 23.0 Å². The molecule has 0 aliphatic heterocycles. The molecule has 0 saturated heterocycles. The molecule has 11 heteroatoms. The second kappa shape index (κ2) is 13.7. The van der Waals surface area contributed by atoms with E-state index in [2.05, 4.69) is 20.8 Å². The second-order valence-electron chi connectivity index (χ2n) is 8.86. The van der Waals surface area contributed by atoms with E-state index in [-0.39, 0.29) is 17.2 Å². The molecule has 40 heavy (non-hydrogen) atoms. The molecule has 11 nitrogen and oxygen atoms in total. The van der Waals surface area contributed by atoms with Gasteiger partial charge in [0.05, 0.1) is 33.0 Å². The molecule has 0 unspecified atom stereocenters. The second-order valence-corrected chi connectivity index (χ2v) is 8.86. The number of hydrogen-bond donors (Lipinski definition) is 2. The third-order valence-corrected chi connectivity index (χ3v) is 5.72. The lowest BCUT2D eigenvalue weighted by atomic mass is 10.0. The summed E-state index contributed by atoms with van der Waals surface area (Å²) in [6.45, 7) is 4.80. The van der Waals surface area contributed by atoms with Gasteiger partial charge in [-0.1, -0.05) is 13.8 Å². The van der Waals surface area contributed by atoms with Gasteiger partial charge < -0.3 is 24.3 Å². The smallest absolute Gasteiger partial charge is 0.313 e. The maximum atomic E-state index is 13.0. The molecule has 210 valence electrons. The minimum absolute atomic E-state index is 0.131. The third kappa shape index (κ3) is 7.34. The first-order valence-electron chi connectivity index (χ1n) is 12.4. The number of nitrogens with one attached hydrogen (secondary N) is 2. The van der Waals surface area contributed by atoms with Crippen molar-refractivity contribution in [3.05, 3.63) is 77.6 Å². The molecule has 2 amide bonds. The number of hydrazone groups is 1. The lowest BCUT2D eigenvalue weighted by molar-refractivity contribution is -0.137. The summed E-state index contributed by atoms with van der Waals surface area (Å²) in [5.74, 6) is -0.976. The van der Waals surface area contributed by atoms with Crippen LogP contribution >= 0.6 is 0 Å². The molecule has 1 heterocycles. The Kier molecular flexibility index (Phi) is 10.2. The normalized spacial score (nSPS) is 11.2. The number of carbonyl (C=O) groups excluding carboxylic acids is 3. The molecule has 3 aromatic rings. The van der Waals surface area contributed by atoms with Gasteiger partial charge in [0.25, 0.3) is 11.8 Å². The van der Waals surface area contributed by atoms with Gasteiger partial charge in [-0.25, -0.2) is 10.4 Å². The topological polar surface area (TPSA) is 137 Å². The predicted molar refractivity (Wildman–Crippen MR) is 148 cm³/mol. The minimum atomic E-state index is -1.02. The van der Waals surface area contributed by atoms with Gasteiger partial charge in [-0.15, -0.1) is 0 Å². The summed E-state index contributed by atoms with van der Waals surface area (Å²) >= 11 is 0. The first-order chi connectivity index (χ1) is 19.2. The number of nitrogens with zero attached hydrogens (tertiary/aromatic N) is 2. The Labute approximate surface area is 232 Å². The van der Waals surface area contributed by atoms with Gasteiger partial charge in [-0.2, -0.15) is 5.10 Å². The zero-order chi connectivity index (χ0) is 29.2. The molecular formula is C29H32N4O7. The van der Waals surface area contributed by atoms with Crippen LogP contribution in [0, 0.1) is 5.92 Å². The zero-order valence-corrected chi connectivity index (χ0v) is 23.2. The Hall–Kier alpha value is -4.93. The number of esters is 1. The van der Waals surface area contributed by atoms with Crippen molar-refractivity contribution in [2.45, 2.75) is 26.8 Å². The fourth-order valence-corrected chi connectivity index (χ4v) is 3.40. The number of ether oxygens (including phenoxy) is 4.